The van der Waals surface area contributed by atoms with Gasteiger partial charge in [0.05, 0.1) is 20.3 Å². The summed E-state index contributed by atoms with van der Waals surface area (Å²) in [4.78, 5) is 1.44. The highest BCUT2D eigenvalue weighted by Crippen LogP contribution is 2.40. The van der Waals surface area contributed by atoms with Crippen molar-refractivity contribution >= 4 is 21.4 Å². The number of fused-ring (bicyclic) bond motifs is 1. The molecule has 130 valence electrons. The van der Waals surface area contributed by atoms with Crippen LogP contribution >= 0.6 is 11.3 Å². The van der Waals surface area contributed by atoms with E-state index in [1.165, 1.54) is 25.2 Å². The Kier molecular flexibility index (Phi) is 4.85. The molecule has 0 saturated heterocycles. The van der Waals surface area contributed by atoms with Crippen LogP contribution < -0.4 is 9.47 Å². The fourth-order valence-electron chi connectivity index (χ4n) is 3.20. The first kappa shape index (κ1) is 17.3. The summed E-state index contributed by atoms with van der Waals surface area (Å²) in [6.45, 7) is 2.50. The molecule has 5 nitrogen and oxygen atoms in total. The molecule has 1 aromatic heterocycles. The van der Waals surface area contributed by atoms with Gasteiger partial charge in [0.15, 0.2) is 0 Å². The molecule has 1 aliphatic rings. The third-order valence-corrected chi connectivity index (χ3v) is 7.32. The van der Waals surface area contributed by atoms with E-state index in [0.29, 0.717) is 18.0 Å². The molecule has 3 rings (SSSR count). The molecule has 0 bridgehead atoms. The largest absolute Gasteiger partial charge is 0.497 e. The summed E-state index contributed by atoms with van der Waals surface area (Å²) >= 11 is 1.70. The number of nitrogens with zero attached hydrogens (tertiary/aromatic N) is 1. The van der Waals surface area contributed by atoms with Crippen molar-refractivity contribution < 1.29 is 17.9 Å². The van der Waals surface area contributed by atoms with Gasteiger partial charge < -0.3 is 9.47 Å². The minimum Gasteiger partial charge on any atom is -0.497 e. The zero-order valence-corrected chi connectivity index (χ0v) is 15.6. The van der Waals surface area contributed by atoms with Crippen molar-refractivity contribution in [2.45, 2.75) is 30.7 Å². The maximum Gasteiger partial charge on any atom is 0.247 e. The molecular formula is C17H21NO4S2. The lowest BCUT2D eigenvalue weighted by Crippen LogP contribution is -2.39. The van der Waals surface area contributed by atoms with E-state index < -0.39 is 10.0 Å². The van der Waals surface area contributed by atoms with Crippen molar-refractivity contribution in [1.29, 1.82) is 0 Å². The van der Waals surface area contributed by atoms with Gasteiger partial charge in [0.1, 0.15) is 16.4 Å². The number of thiophene rings is 1. The fourth-order valence-corrected chi connectivity index (χ4v) is 5.98. The SMILES string of the molecule is CC[C@H]1c2ccsc2CCN1S(=O)(=O)c1cc(OC)ccc1OC. The Morgan fingerprint density at radius 1 is 1.25 bits per heavy atom. The van der Waals surface area contributed by atoms with Crippen LogP contribution in [0.5, 0.6) is 11.5 Å². The molecule has 7 heteroatoms. The molecule has 2 aromatic rings. The molecule has 0 aliphatic carbocycles. The van der Waals surface area contributed by atoms with Gasteiger partial charge in [-0.2, -0.15) is 4.31 Å². The third-order valence-electron chi connectivity index (χ3n) is 4.39. The summed E-state index contributed by atoms with van der Waals surface area (Å²) in [5.74, 6) is 0.831. The highest BCUT2D eigenvalue weighted by atomic mass is 32.2. The van der Waals surface area contributed by atoms with Crippen molar-refractivity contribution in [3.63, 3.8) is 0 Å². The van der Waals surface area contributed by atoms with Crippen molar-refractivity contribution in [2.75, 3.05) is 20.8 Å². The minimum atomic E-state index is -3.69. The van der Waals surface area contributed by atoms with Crippen molar-refractivity contribution in [3.8, 4) is 11.5 Å². The number of sulfonamides is 1. The number of hydrogen-bond acceptors (Lipinski definition) is 5. The number of rotatable bonds is 5. The smallest absolute Gasteiger partial charge is 0.247 e. The number of ether oxygens (including phenoxy) is 2. The van der Waals surface area contributed by atoms with E-state index >= 15 is 0 Å². The lowest BCUT2D eigenvalue weighted by molar-refractivity contribution is 0.301. The van der Waals surface area contributed by atoms with E-state index in [1.807, 2.05) is 18.4 Å². The molecule has 1 aromatic carbocycles. The second-order valence-corrected chi connectivity index (χ2v) is 8.47. The van der Waals surface area contributed by atoms with Crippen LogP contribution in [0.25, 0.3) is 0 Å². The minimum absolute atomic E-state index is 0.138. The highest BCUT2D eigenvalue weighted by Gasteiger charge is 2.37. The Morgan fingerprint density at radius 2 is 2.04 bits per heavy atom. The van der Waals surface area contributed by atoms with Crippen LogP contribution in [0.2, 0.25) is 0 Å². The normalized spacial score (nSPS) is 18.2. The Hall–Kier alpha value is -1.57. The molecule has 0 fully saturated rings. The van der Waals surface area contributed by atoms with Gasteiger partial charge in [-0.1, -0.05) is 6.92 Å². The summed E-state index contributed by atoms with van der Waals surface area (Å²) in [5, 5.41) is 2.04. The summed E-state index contributed by atoms with van der Waals surface area (Å²) in [6.07, 6.45) is 1.48. The van der Waals surface area contributed by atoms with Crippen LogP contribution in [-0.2, 0) is 16.4 Å². The van der Waals surface area contributed by atoms with Crippen molar-refractivity contribution in [2.24, 2.45) is 0 Å². The van der Waals surface area contributed by atoms with Crippen LogP contribution in [-0.4, -0.2) is 33.5 Å². The predicted molar refractivity (Wildman–Crippen MR) is 94.5 cm³/mol. The van der Waals surface area contributed by atoms with E-state index in [1.54, 1.807) is 27.8 Å². The predicted octanol–water partition coefficient (Wildman–Crippen LogP) is 3.46. The van der Waals surface area contributed by atoms with E-state index in [0.717, 1.165) is 18.4 Å². The Morgan fingerprint density at radius 3 is 2.71 bits per heavy atom. The number of benzene rings is 1. The van der Waals surface area contributed by atoms with Crippen molar-refractivity contribution in [1.82, 2.24) is 4.31 Å². The number of hydrogen-bond donors (Lipinski definition) is 0. The molecule has 0 amide bonds. The monoisotopic (exact) mass is 367 g/mol. The third kappa shape index (κ3) is 2.81. The second kappa shape index (κ2) is 6.74. The molecule has 0 spiro atoms. The van der Waals surface area contributed by atoms with E-state index in [-0.39, 0.29) is 10.9 Å². The van der Waals surface area contributed by atoms with Crippen LogP contribution in [0.4, 0.5) is 0 Å². The molecular weight excluding hydrogens is 346 g/mol. The first-order valence-corrected chi connectivity index (χ1v) is 10.1. The van der Waals surface area contributed by atoms with Gasteiger partial charge in [0, 0.05) is 17.5 Å². The quantitative estimate of drug-likeness (QED) is 0.812. The molecule has 0 unspecified atom stereocenters. The molecule has 1 aliphatic heterocycles. The van der Waals surface area contributed by atoms with Gasteiger partial charge in [-0.15, -0.1) is 11.3 Å². The zero-order chi connectivity index (χ0) is 17.3. The lowest BCUT2D eigenvalue weighted by Gasteiger charge is -2.34. The average molecular weight is 367 g/mol. The Bertz CT molecular complexity index is 829. The summed E-state index contributed by atoms with van der Waals surface area (Å²) < 4.78 is 38.7. The standard InChI is InChI=1S/C17H21NO4S2/c1-4-14-13-8-10-23-16(13)7-9-18(14)24(19,20)17-11-12(21-2)5-6-15(17)22-3/h5-6,8,10-11,14H,4,7,9H2,1-3H3/t14-/m0/s1. The lowest BCUT2D eigenvalue weighted by atomic mass is 10.0. The summed E-state index contributed by atoms with van der Waals surface area (Å²) in [7, 11) is -0.689. The van der Waals surface area contributed by atoms with E-state index in [4.69, 9.17) is 9.47 Å². The van der Waals surface area contributed by atoms with Crippen LogP contribution in [0.15, 0.2) is 34.5 Å². The average Bonchev–Trinajstić information content (AvgIpc) is 3.08. The van der Waals surface area contributed by atoms with Crippen LogP contribution in [0.3, 0.4) is 0 Å². The van der Waals surface area contributed by atoms with E-state index in [9.17, 15) is 8.42 Å². The van der Waals surface area contributed by atoms with Crippen LogP contribution in [0, 0.1) is 0 Å². The maximum absolute atomic E-state index is 13.3. The Labute approximate surface area is 146 Å². The molecule has 24 heavy (non-hydrogen) atoms. The summed E-state index contributed by atoms with van der Waals surface area (Å²) in [5.41, 5.74) is 1.12. The van der Waals surface area contributed by atoms with Gasteiger partial charge in [-0.3, -0.25) is 0 Å². The fraction of sp³-hybridized carbons (Fsp3) is 0.412. The zero-order valence-electron chi connectivity index (χ0n) is 14.0. The highest BCUT2D eigenvalue weighted by molar-refractivity contribution is 7.89. The maximum atomic E-state index is 13.3. The topological polar surface area (TPSA) is 55.8 Å². The summed E-state index contributed by atoms with van der Waals surface area (Å²) in [6, 6.07) is 6.76. The number of methoxy groups -OCH3 is 2. The van der Waals surface area contributed by atoms with Gasteiger partial charge in [0.2, 0.25) is 10.0 Å². The van der Waals surface area contributed by atoms with Gasteiger partial charge in [0.25, 0.3) is 0 Å². The second-order valence-electron chi connectivity index (χ2n) is 5.61. The molecule has 0 saturated carbocycles. The molecule has 1 atom stereocenters. The van der Waals surface area contributed by atoms with Gasteiger partial charge in [-0.05, 0) is 42.0 Å². The van der Waals surface area contributed by atoms with Crippen LogP contribution in [0.1, 0.15) is 29.8 Å². The Balaban J connectivity index is 2.08. The van der Waals surface area contributed by atoms with Crippen molar-refractivity contribution in [3.05, 3.63) is 40.1 Å². The molecule has 0 N–H and O–H groups in total. The first-order chi connectivity index (χ1) is 11.5. The van der Waals surface area contributed by atoms with Gasteiger partial charge in [-0.25, -0.2) is 8.42 Å². The first-order valence-electron chi connectivity index (χ1n) is 7.83. The molecule has 0 radical (unpaired) electrons. The van der Waals surface area contributed by atoms with Gasteiger partial charge >= 0.3 is 0 Å². The van der Waals surface area contributed by atoms with E-state index in [2.05, 4.69) is 0 Å². The molecule has 2 heterocycles.